The highest BCUT2D eigenvalue weighted by molar-refractivity contribution is 7.98. The van der Waals surface area contributed by atoms with E-state index in [4.69, 9.17) is 10.5 Å². The molecular weight excluding hydrogens is 250 g/mol. The highest BCUT2D eigenvalue weighted by Gasteiger charge is 2.15. The van der Waals surface area contributed by atoms with E-state index in [0.29, 0.717) is 12.0 Å². The minimum Gasteiger partial charge on any atom is -0.461 e. The number of thioether (sulfide) groups is 1. The van der Waals surface area contributed by atoms with Gasteiger partial charge in [0.15, 0.2) is 0 Å². The standard InChI is InChI=1S/C11H21N5OS/c1-7(2)17-11-14-9(12)13-10(15-11)16(4)8(3)6-18-5/h7-8H,6H2,1-5H3,(H2,12,13,14,15). The van der Waals surface area contributed by atoms with Crippen molar-refractivity contribution in [1.29, 1.82) is 0 Å². The van der Waals surface area contributed by atoms with Crippen molar-refractivity contribution in [3.05, 3.63) is 0 Å². The lowest BCUT2D eigenvalue weighted by molar-refractivity contribution is 0.222. The van der Waals surface area contributed by atoms with Crippen LogP contribution in [0.1, 0.15) is 20.8 Å². The first kappa shape index (κ1) is 14.8. The molecule has 2 N–H and O–H groups in total. The number of nitrogen functional groups attached to an aromatic ring is 1. The Morgan fingerprint density at radius 1 is 1.28 bits per heavy atom. The molecule has 6 nitrogen and oxygen atoms in total. The molecule has 1 heterocycles. The predicted octanol–water partition coefficient (Wildman–Crippen LogP) is 1.43. The van der Waals surface area contributed by atoms with Gasteiger partial charge in [0, 0.05) is 18.8 Å². The van der Waals surface area contributed by atoms with E-state index < -0.39 is 0 Å². The summed E-state index contributed by atoms with van der Waals surface area (Å²) in [6.07, 6.45) is 2.08. The molecule has 0 amide bonds. The number of hydrogen-bond donors (Lipinski definition) is 1. The van der Waals surface area contributed by atoms with Crippen molar-refractivity contribution in [2.45, 2.75) is 32.9 Å². The number of nitrogens with two attached hydrogens (primary N) is 1. The number of ether oxygens (including phenoxy) is 1. The zero-order valence-electron chi connectivity index (χ0n) is 11.5. The molecule has 18 heavy (non-hydrogen) atoms. The Labute approximate surface area is 112 Å². The normalized spacial score (nSPS) is 12.6. The lowest BCUT2D eigenvalue weighted by Gasteiger charge is -2.24. The number of anilines is 2. The van der Waals surface area contributed by atoms with E-state index in [2.05, 4.69) is 28.1 Å². The SMILES string of the molecule is CSCC(C)N(C)c1nc(N)nc(OC(C)C)n1. The van der Waals surface area contributed by atoms with Gasteiger partial charge < -0.3 is 15.4 Å². The Morgan fingerprint density at radius 2 is 1.94 bits per heavy atom. The van der Waals surface area contributed by atoms with Crippen LogP contribution in [0.4, 0.5) is 11.9 Å². The highest BCUT2D eigenvalue weighted by atomic mass is 32.2. The third-order valence-electron chi connectivity index (χ3n) is 2.35. The van der Waals surface area contributed by atoms with Crippen molar-refractivity contribution in [2.75, 3.05) is 29.7 Å². The van der Waals surface area contributed by atoms with Crippen molar-refractivity contribution in [1.82, 2.24) is 15.0 Å². The smallest absolute Gasteiger partial charge is 0.323 e. The minimum atomic E-state index is 0.00794. The molecule has 0 aliphatic rings. The summed E-state index contributed by atoms with van der Waals surface area (Å²) in [4.78, 5) is 14.3. The monoisotopic (exact) mass is 271 g/mol. The molecule has 0 bridgehead atoms. The maximum Gasteiger partial charge on any atom is 0.323 e. The summed E-state index contributed by atoms with van der Waals surface area (Å²) in [5, 5.41) is 0. The van der Waals surface area contributed by atoms with Gasteiger partial charge in [-0.05, 0) is 27.0 Å². The fourth-order valence-corrected chi connectivity index (χ4v) is 2.04. The fourth-order valence-electron chi connectivity index (χ4n) is 1.33. The van der Waals surface area contributed by atoms with E-state index in [9.17, 15) is 0 Å². The average molecular weight is 271 g/mol. The van der Waals surface area contributed by atoms with E-state index in [1.807, 2.05) is 25.8 Å². The molecule has 0 aliphatic heterocycles. The van der Waals surface area contributed by atoms with Crippen LogP contribution in [0, 0.1) is 0 Å². The Bertz CT molecular complexity index is 388. The Kier molecular flexibility index (Phi) is 5.46. The second-order valence-electron chi connectivity index (χ2n) is 4.36. The van der Waals surface area contributed by atoms with Gasteiger partial charge in [-0.25, -0.2) is 0 Å². The van der Waals surface area contributed by atoms with Gasteiger partial charge in [0.1, 0.15) is 0 Å². The van der Waals surface area contributed by atoms with Crippen molar-refractivity contribution in [3.8, 4) is 6.01 Å². The number of hydrogen-bond acceptors (Lipinski definition) is 7. The van der Waals surface area contributed by atoms with Crippen LogP contribution in [0.25, 0.3) is 0 Å². The molecule has 102 valence electrons. The van der Waals surface area contributed by atoms with Gasteiger partial charge in [0.05, 0.1) is 6.10 Å². The molecule has 0 radical (unpaired) electrons. The molecule has 0 saturated carbocycles. The summed E-state index contributed by atoms with van der Waals surface area (Å²) in [6.45, 7) is 5.94. The van der Waals surface area contributed by atoms with Crippen molar-refractivity contribution < 1.29 is 4.74 Å². The van der Waals surface area contributed by atoms with Gasteiger partial charge in [-0.3, -0.25) is 0 Å². The minimum absolute atomic E-state index is 0.00794. The largest absolute Gasteiger partial charge is 0.461 e. The van der Waals surface area contributed by atoms with Crippen LogP contribution in [-0.4, -0.2) is 46.2 Å². The molecule has 1 aromatic rings. The van der Waals surface area contributed by atoms with Gasteiger partial charge in [-0.15, -0.1) is 0 Å². The molecule has 1 aromatic heterocycles. The van der Waals surface area contributed by atoms with Gasteiger partial charge in [0.2, 0.25) is 11.9 Å². The maximum absolute atomic E-state index is 5.67. The van der Waals surface area contributed by atoms with E-state index in [0.717, 1.165) is 5.75 Å². The summed E-state index contributed by atoms with van der Waals surface area (Å²) in [5.74, 6) is 1.71. The fraction of sp³-hybridized carbons (Fsp3) is 0.727. The number of nitrogens with zero attached hydrogens (tertiary/aromatic N) is 4. The first-order chi connectivity index (χ1) is 8.43. The summed E-state index contributed by atoms with van der Waals surface area (Å²) < 4.78 is 5.45. The number of rotatable bonds is 6. The molecule has 0 spiro atoms. The van der Waals surface area contributed by atoms with Crippen LogP contribution in [0.15, 0.2) is 0 Å². The third-order valence-corrected chi connectivity index (χ3v) is 3.16. The Balaban J connectivity index is 2.91. The quantitative estimate of drug-likeness (QED) is 0.838. The third kappa shape index (κ3) is 4.21. The van der Waals surface area contributed by atoms with Gasteiger partial charge >= 0.3 is 6.01 Å². The van der Waals surface area contributed by atoms with Crippen molar-refractivity contribution in [2.24, 2.45) is 0 Å². The molecule has 0 fully saturated rings. The molecule has 1 atom stereocenters. The lowest BCUT2D eigenvalue weighted by atomic mass is 10.3. The molecule has 0 saturated heterocycles. The molecule has 7 heteroatoms. The predicted molar refractivity (Wildman–Crippen MR) is 76.3 cm³/mol. The van der Waals surface area contributed by atoms with E-state index in [-0.39, 0.29) is 18.1 Å². The molecule has 1 rings (SSSR count). The van der Waals surface area contributed by atoms with Gasteiger partial charge in [0.25, 0.3) is 0 Å². The number of aromatic nitrogens is 3. The van der Waals surface area contributed by atoms with Gasteiger partial charge in [-0.1, -0.05) is 0 Å². The first-order valence-electron chi connectivity index (χ1n) is 5.84. The summed E-state index contributed by atoms with van der Waals surface area (Å²) in [5.41, 5.74) is 5.67. The van der Waals surface area contributed by atoms with Crippen LogP contribution >= 0.6 is 11.8 Å². The topological polar surface area (TPSA) is 77.2 Å². The van der Waals surface area contributed by atoms with Crippen LogP contribution in [0.3, 0.4) is 0 Å². The van der Waals surface area contributed by atoms with Crippen LogP contribution < -0.4 is 15.4 Å². The molecule has 0 aliphatic carbocycles. The van der Waals surface area contributed by atoms with E-state index in [1.165, 1.54) is 0 Å². The van der Waals surface area contributed by atoms with Crippen molar-refractivity contribution in [3.63, 3.8) is 0 Å². The summed E-state index contributed by atoms with van der Waals surface area (Å²) in [6, 6.07) is 0.587. The van der Waals surface area contributed by atoms with Crippen molar-refractivity contribution >= 4 is 23.7 Å². The zero-order valence-corrected chi connectivity index (χ0v) is 12.4. The highest BCUT2D eigenvalue weighted by Crippen LogP contribution is 2.16. The van der Waals surface area contributed by atoms with Crippen LogP contribution in [0.5, 0.6) is 6.01 Å². The summed E-state index contributed by atoms with van der Waals surface area (Å²) >= 11 is 1.78. The Morgan fingerprint density at radius 3 is 2.50 bits per heavy atom. The van der Waals surface area contributed by atoms with E-state index >= 15 is 0 Å². The van der Waals surface area contributed by atoms with Gasteiger partial charge in [-0.2, -0.15) is 26.7 Å². The molecule has 0 aromatic carbocycles. The second kappa shape index (κ2) is 6.63. The average Bonchev–Trinajstić information content (AvgIpc) is 2.26. The van der Waals surface area contributed by atoms with Crippen LogP contribution in [-0.2, 0) is 0 Å². The first-order valence-corrected chi connectivity index (χ1v) is 7.23. The van der Waals surface area contributed by atoms with E-state index in [1.54, 1.807) is 11.8 Å². The molecule has 1 unspecified atom stereocenters. The maximum atomic E-state index is 5.67. The van der Waals surface area contributed by atoms with Crippen LogP contribution in [0.2, 0.25) is 0 Å². The zero-order chi connectivity index (χ0) is 13.7. The molecular formula is C11H21N5OS. The second-order valence-corrected chi connectivity index (χ2v) is 5.27. The Hall–Kier alpha value is -1.24. The summed E-state index contributed by atoms with van der Waals surface area (Å²) in [7, 11) is 1.94. The lowest BCUT2D eigenvalue weighted by Crippen LogP contribution is -2.32.